The first-order valence-corrected chi connectivity index (χ1v) is 9.61. The van der Waals surface area contributed by atoms with E-state index in [1.807, 2.05) is 0 Å². The van der Waals surface area contributed by atoms with Crippen LogP contribution in [0.5, 0.6) is 0 Å². The highest BCUT2D eigenvalue weighted by Crippen LogP contribution is 2.38. The maximum atomic E-state index is 12.0. The minimum Gasteiger partial charge on any atom is -0.543 e. The molecule has 0 aromatic rings. The lowest BCUT2D eigenvalue weighted by Crippen LogP contribution is -2.45. The van der Waals surface area contributed by atoms with Crippen LogP contribution in [-0.4, -0.2) is 38.0 Å². The minimum atomic E-state index is -0.198. The van der Waals surface area contributed by atoms with Gasteiger partial charge in [-0.1, -0.05) is 33.6 Å². The lowest BCUT2D eigenvalue weighted by molar-refractivity contribution is -0.141. The Morgan fingerprint density at radius 1 is 1.16 bits per heavy atom. The van der Waals surface area contributed by atoms with Gasteiger partial charge in [-0.2, -0.15) is 0 Å². The molecule has 2 fully saturated rings. The van der Waals surface area contributed by atoms with E-state index in [9.17, 15) is 4.79 Å². The van der Waals surface area contributed by atoms with Crippen LogP contribution in [-0.2, 0) is 9.45 Å². The predicted molar refractivity (Wildman–Crippen MR) is 110 cm³/mol. The van der Waals surface area contributed by atoms with E-state index in [0.29, 0.717) is 11.3 Å². The normalized spacial score (nSPS) is 23.2. The van der Waals surface area contributed by atoms with E-state index >= 15 is 0 Å². The van der Waals surface area contributed by atoms with Crippen LogP contribution in [0.15, 0.2) is 0 Å². The Labute approximate surface area is 168 Å². The highest BCUT2D eigenvalue weighted by atomic mass is 35.5. The van der Waals surface area contributed by atoms with Crippen molar-refractivity contribution < 1.29 is 9.45 Å². The molecule has 0 amide bonds. The molecule has 6 heteroatoms. The molecule has 1 atom stereocenters. The van der Waals surface area contributed by atoms with Crippen molar-refractivity contribution in [2.24, 2.45) is 17.3 Å². The van der Waals surface area contributed by atoms with Crippen LogP contribution in [0.25, 0.3) is 0 Å². The van der Waals surface area contributed by atoms with Crippen molar-refractivity contribution in [1.29, 1.82) is 0 Å². The highest BCUT2D eigenvalue weighted by Gasteiger charge is 2.35. The monoisotopic (exact) mass is 391 g/mol. The Morgan fingerprint density at radius 2 is 1.72 bits per heavy atom. The number of unbranched alkanes of at least 4 members (excludes halogenated alkanes) is 1. The summed E-state index contributed by atoms with van der Waals surface area (Å²) in [7, 11) is 5.16. The molecule has 2 aliphatic rings. The number of halogens is 2. The standard InChI is InChI=1S/C19H34BNO2.2ClH/c1-4-5-6-17(18(22)23-20)15-9-13-21(14-10-15)16-7-11-19(2,3)12-8-16;;/h15-17H,4-14H2,1-3H3;2*1H. The quantitative estimate of drug-likeness (QED) is 0.600. The van der Waals surface area contributed by atoms with Crippen LogP contribution in [0, 0.1) is 17.3 Å². The van der Waals surface area contributed by atoms with E-state index in [1.54, 1.807) is 0 Å². The summed E-state index contributed by atoms with van der Waals surface area (Å²) < 4.78 is 4.58. The molecule has 25 heavy (non-hydrogen) atoms. The van der Waals surface area contributed by atoms with Gasteiger partial charge in [-0.25, -0.2) is 0 Å². The lowest BCUT2D eigenvalue weighted by Gasteiger charge is -2.44. The van der Waals surface area contributed by atoms with Crippen molar-refractivity contribution in [1.82, 2.24) is 4.90 Å². The van der Waals surface area contributed by atoms with E-state index in [4.69, 9.17) is 8.05 Å². The molecule has 1 saturated heterocycles. The molecular weight excluding hydrogens is 356 g/mol. The first-order chi connectivity index (χ1) is 11.0. The molecule has 1 heterocycles. The molecule has 1 unspecified atom stereocenters. The zero-order valence-corrected chi connectivity index (χ0v) is 17.8. The van der Waals surface area contributed by atoms with Crippen molar-refractivity contribution in [2.75, 3.05) is 13.1 Å². The second kappa shape index (κ2) is 11.7. The lowest BCUT2D eigenvalue weighted by atomic mass is 9.74. The molecule has 1 saturated carbocycles. The van der Waals surface area contributed by atoms with E-state index in [1.165, 1.54) is 25.7 Å². The molecular formula is C19H36BCl2NO2. The number of hydrogen-bond acceptors (Lipinski definition) is 3. The molecule has 1 aliphatic heterocycles. The van der Waals surface area contributed by atoms with Crippen LogP contribution < -0.4 is 0 Å². The van der Waals surface area contributed by atoms with Gasteiger partial charge >= 0.3 is 8.05 Å². The summed E-state index contributed by atoms with van der Waals surface area (Å²) in [6.07, 6.45) is 10.7. The summed E-state index contributed by atoms with van der Waals surface area (Å²) >= 11 is 0. The van der Waals surface area contributed by atoms with Crippen molar-refractivity contribution >= 4 is 38.8 Å². The van der Waals surface area contributed by atoms with Crippen molar-refractivity contribution in [3.8, 4) is 0 Å². The predicted octanol–water partition coefficient (Wildman–Crippen LogP) is 4.94. The van der Waals surface area contributed by atoms with E-state index in [-0.39, 0.29) is 36.7 Å². The highest BCUT2D eigenvalue weighted by molar-refractivity contribution is 6.05. The molecule has 2 rings (SSSR count). The van der Waals surface area contributed by atoms with Crippen molar-refractivity contribution in [3.63, 3.8) is 0 Å². The van der Waals surface area contributed by atoms with Gasteiger partial charge in [-0.15, -0.1) is 24.8 Å². The Hall–Kier alpha value is 0.0749. The van der Waals surface area contributed by atoms with Crippen LogP contribution >= 0.6 is 24.8 Å². The van der Waals surface area contributed by atoms with Crippen molar-refractivity contribution in [3.05, 3.63) is 0 Å². The third-order valence-corrected chi connectivity index (χ3v) is 6.26. The van der Waals surface area contributed by atoms with E-state index in [2.05, 4.69) is 30.3 Å². The average molecular weight is 392 g/mol. The molecule has 2 radical (unpaired) electrons. The molecule has 0 spiro atoms. The van der Waals surface area contributed by atoms with Crippen LogP contribution in [0.1, 0.15) is 78.6 Å². The van der Waals surface area contributed by atoms with Gasteiger partial charge in [0.05, 0.1) is 5.92 Å². The second-order valence-electron chi connectivity index (χ2n) is 8.45. The van der Waals surface area contributed by atoms with Crippen molar-refractivity contribution in [2.45, 2.75) is 84.6 Å². The molecule has 0 N–H and O–H groups in total. The van der Waals surface area contributed by atoms with Crippen LogP contribution in [0.4, 0.5) is 0 Å². The Kier molecular flexibility index (Phi) is 11.8. The van der Waals surface area contributed by atoms with Gasteiger partial charge in [0.2, 0.25) is 0 Å². The molecule has 1 aliphatic carbocycles. The fourth-order valence-electron chi connectivity index (χ4n) is 4.49. The molecule has 0 aromatic carbocycles. The zero-order chi connectivity index (χ0) is 16.9. The first kappa shape index (κ1) is 25.1. The Bertz CT molecular complexity index is 378. The smallest absolute Gasteiger partial charge is 0.378 e. The summed E-state index contributed by atoms with van der Waals surface area (Å²) in [4.78, 5) is 14.7. The average Bonchev–Trinajstić information content (AvgIpc) is 2.55. The van der Waals surface area contributed by atoms with Gasteiger partial charge in [0, 0.05) is 6.04 Å². The van der Waals surface area contributed by atoms with Crippen LogP contribution in [0.2, 0.25) is 0 Å². The number of carbonyl (C=O) groups excluding carboxylic acids is 1. The van der Waals surface area contributed by atoms with Gasteiger partial charge in [-0.05, 0) is 69.4 Å². The SMILES string of the molecule is Cl.Cl.[B]OC(=O)C(CCCC)C1CCN(C2CCC(C)(C)CC2)CC1. The Morgan fingerprint density at radius 3 is 2.20 bits per heavy atom. The summed E-state index contributed by atoms with van der Waals surface area (Å²) in [6, 6.07) is 0.763. The van der Waals surface area contributed by atoms with Gasteiger partial charge in [-0.3, -0.25) is 4.79 Å². The molecule has 0 bridgehead atoms. The number of hydrogen-bond donors (Lipinski definition) is 0. The third kappa shape index (κ3) is 7.30. The van der Waals surface area contributed by atoms with Crippen LogP contribution in [0.3, 0.4) is 0 Å². The summed E-state index contributed by atoms with van der Waals surface area (Å²) in [5.41, 5.74) is 0.533. The number of rotatable bonds is 6. The largest absolute Gasteiger partial charge is 0.543 e. The van der Waals surface area contributed by atoms with Gasteiger partial charge in [0.15, 0.2) is 0 Å². The Balaban J connectivity index is 0.00000288. The van der Waals surface area contributed by atoms with Gasteiger partial charge in [0.1, 0.15) is 0 Å². The molecule has 3 nitrogen and oxygen atoms in total. The third-order valence-electron chi connectivity index (χ3n) is 6.26. The summed E-state index contributed by atoms with van der Waals surface area (Å²) in [6.45, 7) is 9.23. The number of carbonyl (C=O) groups is 1. The molecule has 0 aromatic heterocycles. The number of likely N-dealkylation sites (tertiary alicyclic amines) is 1. The van der Waals surface area contributed by atoms with E-state index < -0.39 is 0 Å². The number of piperidine rings is 1. The topological polar surface area (TPSA) is 29.5 Å². The second-order valence-corrected chi connectivity index (χ2v) is 8.45. The first-order valence-electron chi connectivity index (χ1n) is 9.61. The van der Waals surface area contributed by atoms with Gasteiger partial charge < -0.3 is 9.55 Å². The minimum absolute atomic E-state index is 0. The number of nitrogens with zero attached hydrogens (tertiary/aromatic N) is 1. The van der Waals surface area contributed by atoms with E-state index in [0.717, 1.165) is 51.2 Å². The van der Waals surface area contributed by atoms with Gasteiger partial charge in [0.25, 0.3) is 5.97 Å². The zero-order valence-electron chi connectivity index (χ0n) is 16.2. The fourth-order valence-corrected chi connectivity index (χ4v) is 4.49. The fraction of sp³-hybridized carbons (Fsp3) is 0.947. The summed E-state index contributed by atoms with van der Waals surface area (Å²) in [5, 5.41) is 0. The molecule has 146 valence electrons. The maximum Gasteiger partial charge on any atom is 0.378 e. The maximum absolute atomic E-state index is 12.0. The summed E-state index contributed by atoms with van der Waals surface area (Å²) in [5.74, 6) is 0.262.